The predicted octanol–water partition coefficient (Wildman–Crippen LogP) is 1.43. The van der Waals surface area contributed by atoms with E-state index in [0.717, 1.165) is 0 Å². The van der Waals surface area contributed by atoms with E-state index < -0.39 is 12.1 Å². The second kappa shape index (κ2) is 3.96. The molecule has 0 fully saturated rings. The summed E-state index contributed by atoms with van der Waals surface area (Å²) in [5.74, 6) is 0.0894. The lowest BCUT2D eigenvalue weighted by Crippen LogP contribution is -2.23. The van der Waals surface area contributed by atoms with Gasteiger partial charge in [0.15, 0.2) is 0 Å². The van der Waals surface area contributed by atoms with Gasteiger partial charge in [-0.3, -0.25) is 0 Å². The predicted molar refractivity (Wildman–Crippen MR) is 51.7 cm³/mol. The molecule has 0 bridgehead atoms. The highest BCUT2D eigenvalue weighted by atomic mass is 35.5. The Labute approximate surface area is 81.8 Å². The molecule has 1 rings (SSSR count). The molecule has 0 aliphatic heterocycles. The van der Waals surface area contributed by atoms with E-state index in [1.54, 1.807) is 13.0 Å². The number of aliphatic hydroxyl groups excluding tert-OH is 1. The van der Waals surface area contributed by atoms with E-state index in [1.165, 1.54) is 12.1 Å². The number of hydrogen-bond acceptors (Lipinski definition) is 3. The van der Waals surface area contributed by atoms with Crippen LogP contribution in [0.4, 0.5) is 0 Å². The van der Waals surface area contributed by atoms with Gasteiger partial charge in [0, 0.05) is 5.02 Å². The molecular formula is C9H12ClNO2. The first-order valence-corrected chi connectivity index (χ1v) is 4.32. The van der Waals surface area contributed by atoms with Crippen LogP contribution in [0.25, 0.3) is 0 Å². The Kier molecular flexibility index (Phi) is 3.14. The number of phenolic OH excluding ortho intramolecular Hbond substituents is 1. The fraction of sp³-hybridized carbons (Fsp3) is 0.333. The van der Waals surface area contributed by atoms with Gasteiger partial charge in [0.2, 0.25) is 0 Å². The highest BCUT2D eigenvalue weighted by Gasteiger charge is 2.15. The summed E-state index contributed by atoms with van der Waals surface area (Å²) in [4.78, 5) is 0. The van der Waals surface area contributed by atoms with Crippen molar-refractivity contribution >= 4 is 11.6 Å². The molecule has 0 aliphatic rings. The smallest absolute Gasteiger partial charge is 0.117 e. The monoisotopic (exact) mass is 201 g/mol. The number of phenols is 1. The number of rotatable bonds is 2. The fourth-order valence-corrected chi connectivity index (χ4v) is 1.35. The normalized spacial score (nSPS) is 15.4. The molecule has 0 aromatic heterocycles. The minimum atomic E-state index is -0.665. The maximum atomic E-state index is 9.22. The molecule has 0 radical (unpaired) electrons. The molecule has 72 valence electrons. The number of aromatic hydroxyl groups is 1. The van der Waals surface area contributed by atoms with Gasteiger partial charge in [-0.25, -0.2) is 0 Å². The quantitative estimate of drug-likeness (QED) is 0.678. The first-order valence-electron chi connectivity index (χ1n) is 3.94. The minimum absolute atomic E-state index is 0.0894. The molecule has 1 aromatic rings. The number of halogens is 1. The van der Waals surface area contributed by atoms with Gasteiger partial charge in [-0.1, -0.05) is 17.7 Å². The van der Waals surface area contributed by atoms with Crippen LogP contribution in [-0.2, 0) is 0 Å². The maximum Gasteiger partial charge on any atom is 0.117 e. The summed E-state index contributed by atoms with van der Waals surface area (Å²) in [5, 5.41) is 18.7. The van der Waals surface area contributed by atoms with Crippen molar-refractivity contribution in [2.24, 2.45) is 5.73 Å². The molecule has 3 nitrogen and oxygen atoms in total. The third kappa shape index (κ3) is 2.34. The second-order valence-electron chi connectivity index (χ2n) is 2.97. The Balaban J connectivity index is 3.01. The van der Waals surface area contributed by atoms with Gasteiger partial charge in [0.25, 0.3) is 0 Å². The maximum absolute atomic E-state index is 9.22. The average molecular weight is 202 g/mol. The highest BCUT2D eigenvalue weighted by molar-refractivity contribution is 6.31. The summed E-state index contributed by atoms with van der Waals surface area (Å²) in [6, 6.07) is 3.98. The van der Waals surface area contributed by atoms with Crippen molar-refractivity contribution in [3.8, 4) is 5.75 Å². The Morgan fingerprint density at radius 1 is 1.46 bits per heavy atom. The average Bonchev–Trinajstić information content (AvgIpc) is 2.03. The van der Waals surface area contributed by atoms with E-state index in [-0.39, 0.29) is 5.75 Å². The summed E-state index contributed by atoms with van der Waals surface area (Å²) < 4.78 is 0. The number of hydrogen-bond donors (Lipinski definition) is 3. The fourth-order valence-electron chi connectivity index (χ4n) is 1.05. The van der Waals surface area contributed by atoms with Crippen LogP contribution in [0.2, 0.25) is 5.02 Å². The van der Waals surface area contributed by atoms with Crippen molar-refractivity contribution in [1.82, 2.24) is 0 Å². The third-order valence-electron chi connectivity index (χ3n) is 1.86. The number of nitrogens with two attached hydrogens (primary N) is 1. The van der Waals surface area contributed by atoms with Crippen LogP contribution in [0.5, 0.6) is 5.75 Å². The molecule has 0 saturated heterocycles. The topological polar surface area (TPSA) is 66.5 Å². The largest absolute Gasteiger partial charge is 0.508 e. The van der Waals surface area contributed by atoms with E-state index in [0.29, 0.717) is 10.6 Å². The van der Waals surface area contributed by atoms with Crippen LogP contribution >= 0.6 is 11.6 Å². The molecule has 4 N–H and O–H groups in total. The van der Waals surface area contributed by atoms with E-state index in [9.17, 15) is 5.11 Å². The zero-order chi connectivity index (χ0) is 10.0. The molecule has 0 spiro atoms. The molecule has 2 atom stereocenters. The first-order chi connectivity index (χ1) is 6.02. The van der Waals surface area contributed by atoms with Crippen LogP contribution in [0.15, 0.2) is 18.2 Å². The van der Waals surface area contributed by atoms with Crippen molar-refractivity contribution in [3.63, 3.8) is 0 Å². The Hall–Kier alpha value is -0.770. The van der Waals surface area contributed by atoms with Gasteiger partial charge in [0.1, 0.15) is 5.75 Å². The van der Waals surface area contributed by atoms with Crippen LogP contribution in [-0.4, -0.2) is 16.3 Å². The molecule has 0 amide bonds. The Morgan fingerprint density at radius 2 is 2.08 bits per heavy atom. The standard InChI is InChI=1S/C9H12ClNO2/c1-5(12)9(11)7-3-2-6(13)4-8(7)10/h2-5,9,12-13H,11H2,1H3/t5-,9+/m0/s1. The molecular weight excluding hydrogens is 190 g/mol. The van der Waals surface area contributed by atoms with Crippen molar-refractivity contribution in [1.29, 1.82) is 0 Å². The van der Waals surface area contributed by atoms with E-state index >= 15 is 0 Å². The van der Waals surface area contributed by atoms with Gasteiger partial charge in [-0.2, -0.15) is 0 Å². The molecule has 0 saturated carbocycles. The van der Waals surface area contributed by atoms with E-state index in [4.69, 9.17) is 22.4 Å². The van der Waals surface area contributed by atoms with E-state index in [1.807, 2.05) is 0 Å². The van der Waals surface area contributed by atoms with E-state index in [2.05, 4.69) is 0 Å². The SMILES string of the molecule is C[C@H](O)[C@@H](N)c1ccc(O)cc1Cl. The van der Waals surface area contributed by atoms with Gasteiger partial charge in [0.05, 0.1) is 12.1 Å². The zero-order valence-electron chi connectivity index (χ0n) is 7.24. The minimum Gasteiger partial charge on any atom is -0.508 e. The van der Waals surface area contributed by atoms with Crippen molar-refractivity contribution < 1.29 is 10.2 Å². The van der Waals surface area contributed by atoms with Crippen LogP contribution in [0.1, 0.15) is 18.5 Å². The molecule has 0 unspecified atom stereocenters. The Bertz CT molecular complexity index is 302. The molecule has 13 heavy (non-hydrogen) atoms. The zero-order valence-corrected chi connectivity index (χ0v) is 7.99. The second-order valence-corrected chi connectivity index (χ2v) is 3.38. The molecule has 0 heterocycles. The van der Waals surface area contributed by atoms with Gasteiger partial charge in [-0.05, 0) is 24.6 Å². The van der Waals surface area contributed by atoms with Gasteiger partial charge in [-0.15, -0.1) is 0 Å². The molecule has 4 heteroatoms. The highest BCUT2D eigenvalue weighted by Crippen LogP contribution is 2.26. The summed E-state index contributed by atoms with van der Waals surface area (Å²) in [5.41, 5.74) is 6.31. The number of benzene rings is 1. The lowest BCUT2D eigenvalue weighted by atomic mass is 10.0. The molecule has 0 aliphatic carbocycles. The van der Waals surface area contributed by atoms with Crippen LogP contribution in [0.3, 0.4) is 0 Å². The Morgan fingerprint density at radius 3 is 2.54 bits per heavy atom. The van der Waals surface area contributed by atoms with Crippen molar-refractivity contribution in [3.05, 3.63) is 28.8 Å². The number of aliphatic hydroxyl groups is 1. The molecule has 1 aromatic carbocycles. The lowest BCUT2D eigenvalue weighted by Gasteiger charge is -2.16. The summed E-state index contributed by atoms with van der Waals surface area (Å²) in [6.45, 7) is 1.59. The first kappa shape index (κ1) is 10.3. The van der Waals surface area contributed by atoms with Crippen LogP contribution < -0.4 is 5.73 Å². The van der Waals surface area contributed by atoms with Gasteiger partial charge >= 0.3 is 0 Å². The van der Waals surface area contributed by atoms with Crippen molar-refractivity contribution in [2.75, 3.05) is 0 Å². The summed E-state index contributed by atoms with van der Waals surface area (Å²) in [7, 11) is 0. The van der Waals surface area contributed by atoms with Crippen molar-refractivity contribution in [2.45, 2.75) is 19.1 Å². The van der Waals surface area contributed by atoms with Gasteiger partial charge < -0.3 is 15.9 Å². The summed E-state index contributed by atoms with van der Waals surface area (Å²) in [6.07, 6.45) is -0.665. The summed E-state index contributed by atoms with van der Waals surface area (Å²) >= 11 is 5.82. The lowest BCUT2D eigenvalue weighted by molar-refractivity contribution is 0.164. The van der Waals surface area contributed by atoms with Crippen LogP contribution in [0, 0.1) is 0 Å². The third-order valence-corrected chi connectivity index (χ3v) is 2.19.